The molecule has 0 aromatic heterocycles. The molecule has 28 heavy (non-hydrogen) atoms. The number of piperazine rings is 1. The van der Waals surface area contributed by atoms with Gasteiger partial charge in [0.2, 0.25) is 5.91 Å². The Morgan fingerprint density at radius 1 is 1.11 bits per heavy atom. The number of rotatable bonds is 4. The maximum Gasteiger partial charge on any atom is 0.497 e. The monoisotopic (exact) mass is 390 g/mol. The summed E-state index contributed by atoms with van der Waals surface area (Å²) in [6.07, 6.45) is 0. The first-order chi connectivity index (χ1) is 13.0. The Labute approximate surface area is 168 Å². The van der Waals surface area contributed by atoms with E-state index in [0.717, 1.165) is 31.7 Å². The molecule has 0 unspecified atom stereocenters. The highest BCUT2D eigenvalue weighted by atomic mass is 19.1. The van der Waals surface area contributed by atoms with Crippen molar-refractivity contribution in [3.63, 3.8) is 0 Å². The lowest BCUT2D eigenvalue weighted by Crippen LogP contribution is -2.49. The molecule has 0 atom stereocenters. The van der Waals surface area contributed by atoms with Crippen LogP contribution in [0.1, 0.15) is 47.1 Å². The van der Waals surface area contributed by atoms with E-state index >= 15 is 0 Å². The van der Waals surface area contributed by atoms with Gasteiger partial charge < -0.3 is 14.2 Å². The van der Waals surface area contributed by atoms with Gasteiger partial charge in [0.1, 0.15) is 5.82 Å². The summed E-state index contributed by atoms with van der Waals surface area (Å²) in [4.78, 5) is 16.3. The molecule has 2 fully saturated rings. The zero-order valence-electron chi connectivity index (χ0n) is 17.9. The van der Waals surface area contributed by atoms with Gasteiger partial charge in [0.25, 0.3) is 0 Å². The molecule has 0 saturated carbocycles. The van der Waals surface area contributed by atoms with Crippen molar-refractivity contribution in [1.29, 1.82) is 0 Å². The Bertz CT molecular complexity index is 714. The standard InChI is InChI=1S/C21H32BFN2O3/c1-15(2)19(26)25-11-9-24(10-12-25)14-16-7-8-17(18(23)13-16)22-27-20(3,4)21(5,6)28-22/h7-8,13,15H,9-12,14H2,1-6H3. The molecule has 2 saturated heterocycles. The van der Waals surface area contributed by atoms with Crippen molar-refractivity contribution >= 4 is 18.5 Å². The molecule has 0 radical (unpaired) electrons. The van der Waals surface area contributed by atoms with Gasteiger partial charge in [-0.05, 0) is 39.3 Å². The average molecular weight is 390 g/mol. The molecule has 0 N–H and O–H groups in total. The van der Waals surface area contributed by atoms with E-state index in [1.807, 2.05) is 52.5 Å². The van der Waals surface area contributed by atoms with Crippen molar-refractivity contribution < 1.29 is 18.5 Å². The Morgan fingerprint density at radius 2 is 1.68 bits per heavy atom. The number of hydrogen-bond donors (Lipinski definition) is 0. The molecule has 5 nitrogen and oxygen atoms in total. The first kappa shape index (κ1) is 21.3. The van der Waals surface area contributed by atoms with Crippen LogP contribution in [0, 0.1) is 11.7 Å². The third kappa shape index (κ3) is 4.26. The summed E-state index contributed by atoms with van der Waals surface area (Å²) in [5.74, 6) is -0.0646. The number of benzene rings is 1. The topological polar surface area (TPSA) is 42.0 Å². The number of carbonyl (C=O) groups is 1. The first-order valence-electron chi connectivity index (χ1n) is 10.2. The number of hydrogen-bond acceptors (Lipinski definition) is 4. The van der Waals surface area contributed by atoms with Crippen LogP contribution in [0.25, 0.3) is 0 Å². The minimum absolute atomic E-state index is 0.0307. The summed E-state index contributed by atoms with van der Waals surface area (Å²) in [5.41, 5.74) is 0.377. The second-order valence-corrected chi connectivity index (χ2v) is 9.20. The fraction of sp³-hybridized carbons (Fsp3) is 0.667. The van der Waals surface area contributed by atoms with E-state index < -0.39 is 18.3 Å². The van der Waals surface area contributed by atoms with Gasteiger partial charge in [0.15, 0.2) is 0 Å². The molecule has 0 bridgehead atoms. The summed E-state index contributed by atoms with van der Waals surface area (Å²) in [6.45, 7) is 15.4. The second-order valence-electron chi connectivity index (χ2n) is 9.20. The van der Waals surface area contributed by atoms with E-state index in [1.165, 1.54) is 0 Å². The average Bonchev–Trinajstić information content (AvgIpc) is 2.82. The third-order valence-corrected chi connectivity index (χ3v) is 6.16. The van der Waals surface area contributed by atoms with Gasteiger partial charge in [-0.25, -0.2) is 4.39 Å². The lowest BCUT2D eigenvalue weighted by molar-refractivity contribution is -0.136. The predicted octanol–water partition coefficient (Wildman–Crippen LogP) is 2.43. The molecule has 0 aliphatic carbocycles. The van der Waals surface area contributed by atoms with E-state index in [4.69, 9.17) is 9.31 Å². The molecule has 2 heterocycles. The van der Waals surface area contributed by atoms with Gasteiger partial charge in [-0.15, -0.1) is 0 Å². The van der Waals surface area contributed by atoms with Crippen LogP contribution >= 0.6 is 0 Å². The van der Waals surface area contributed by atoms with Crippen molar-refractivity contribution in [1.82, 2.24) is 9.80 Å². The number of carbonyl (C=O) groups excluding carboxylic acids is 1. The largest absolute Gasteiger partial charge is 0.497 e. The minimum Gasteiger partial charge on any atom is -0.399 e. The summed E-state index contributed by atoms with van der Waals surface area (Å²) < 4.78 is 26.7. The molecule has 0 spiro atoms. The molecule has 2 aliphatic rings. The van der Waals surface area contributed by atoms with Gasteiger partial charge in [-0.3, -0.25) is 9.69 Å². The summed E-state index contributed by atoms with van der Waals surface area (Å²) in [6, 6.07) is 5.28. The van der Waals surface area contributed by atoms with Crippen molar-refractivity contribution in [3.05, 3.63) is 29.6 Å². The van der Waals surface area contributed by atoms with Crippen LogP contribution in [0.4, 0.5) is 4.39 Å². The smallest absolute Gasteiger partial charge is 0.399 e. The number of halogens is 1. The van der Waals surface area contributed by atoms with Crippen molar-refractivity contribution in [2.45, 2.75) is 59.3 Å². The van der Waals surface area contributed by atoms with E-state index in [0.29, 0.717) is 12.0 Å². The molecule has 2 aliphatic heterocycles. The maximum atomic E-state index is 14.8. The van der Waals surface area contributed by atoms with Crippen LogP contribution in [-0.2, 0) is 20.6 Å². The second kappa shape index (κ2) is 7.77. The van der Waals surface area contributed by atoms with Crippen LogP contribution in [0.15, 0.2) is 18.2 Å². The minimum atomic E-state index is -0.690. The Morgan fingerprint density at radius 3 is 2.18 bits per heavy atom. The molecule has 1 aromatic carbocycles. The normalized spacial score (nSPS) is 22.1. The first-order valence-corrected chi connectivity index (χ1v) is 10.2. The van der Waals surface area contributed by atoms with Crippen molar-refractivity contribution in [2.24, 2.45) is 5.92 Å². The predicted molar refractivity (Wildman–Crippen MR) is 109 cm³/mol. The molecule has 7 heteroatoms. The maximum absolute atomic E-state index is 14.8. The summed E-state index contributed by atoms with van der Waals surface area (Å²) in [5, 5.41) is 0. The van der Waals surface area contributed by atoms with Crippen LogP contribution < -0.4 is 5.46 Å². The van der Waals surface area contributed by atoms with Crippen molar-refractivity contribution in [2.75, 3.05) is 26.2 Å². The highest BCUT2D eigenvalue weighted by Gasteiger charge is 2.52. The zero-order valence-corrected chi connectivity index (χ0v) is 17.9. The van der Waals surface area contributed by atoms with Gasteiger partial charge >= 0.3 is 7.12 Å². The summed E-state index contributed by atoms with van der Waals surface area (Å²) in [7, 11) is -0.690. The lowest BCUT2D eigenvalue weighted by Gasteiger charge is -2.35. The Balaban J connectivity index is 1.61. The van der Waals surface area contributed by atoms with Gasteiger partial charge in [0, 0.05) is 44.1 Å². The Hall–Kier alpha value is -1.44. The van der Waals surface area contributed by atoms with Crippen LogP contribution in [0.5, 0.6) is 0 Å². The molecule has 154 valence electrons. The third-order valence-electron chi connectivity index (χ3n) is 6.16. The number of amides is 1. The van der Waals surface area contributed by atoms with E-state index in [9.17, 15) is 9.18 Å². The SMILES string of the molecule is CC(C)C(=O)N1CCN(Cc2ccc(B3OC(C)(C)C(C)(C)O3)c(F)c2)CC1. The Kier molecular flexibility index (Phi) is 5.90. The fourth-order valence-corrected chi connectivity index (χ4v) is 3.58. The van der Waals surface area contributed by atoms with Crippen LogP contribution in [0.2, 0.25) is 0 Å². The van der Waals surface area contributed by atoms with Gasteiger partial charge in [-0.2, -0.15) is 0 Å². The van der Waals surface area contributed by atoms with E-state index in [-0.39, 0.29) is 17.6 Å². The van der Waals surface area contributed by atoms with Crippen molar-refractivity contribution in [3.8, 4) is 0 Å². The van der Waals surface area contributed by atoms with E-state index in [2.05, 4.69) is 4.90 Å². The van der Waals surface area contributed by atoms with Gasteiger partial charge in [0.05, 0.1) is 11.2 Å². The van der Waals surface area contributed by atoms with E-state index in [1.54, 1.807) is 12.1 Å². The molecule has 3 rings (SSSR count). The quantitative estimate of drug-likeness (QED) is 0.741. The summed E-state index contributed by atoms with van der Waals surface area (Å²) >= 11 is 0. The zero-order chi connectivity index (χ0) is 20.7. The number of nitrogens with zero attached hydrogens (tertiary/aromatic N) is 2. The van der Waals surface area contributed by atoms with Crippen LogP contribution in [0.3, 0.4) is 0 Å². The highest BCUT2D eigenvalue weighted by Crippen LogP contribution is 2.36. The van der Waals surface area contributed by atoms with Crippen LogP contribution in [-0.4, -0.2) is 60.2 Å². The highest BCUT2D eigenvalue weighted by molar-refractivity contribution is 6.62. The lowest BCUT2D eigenvalue weighted by atomic mass is 9.78. The molecule has 1 aromatic rings. The molecular weight excluding hydrogens is 358 g/mol. The fourth-order valence-electron chi connectivity index (χ4n) is 3.58. The molecule has 1 amide bonds. The molecular formula is C21H32BFN2O3. The van der Waals surface area contributed by atoms with Gasteiger partial charge in [-0.1, -0.05) is 26.0 Å².